The lowest BCUT2D eigenvalue weighted by atomic mass is 10.1. The molecule has 1 aliphatic heterocycles. The van der Waals surface area contributed by atoms with Gasteiger partial charge in [-0.2, -0.15) is 4.98 Å². The molecule has 3 heterocycles. The highest BCUT2D eigenvalue weighted by Gasteiger charge is 2.35. The minimum absolute atomic E-state index is 0.00783. The van der Waals surface area contributed by atoms with Crippen molar-refractivity contribution in [3.63, 3.8) is 0 Å². The molecule has 1 saturated heterocycles. The molecule has 8 nitrogen and oxygen atoms in total. The van der Waals surface area contributed by atoms with Crippen LogP contribution in [0.5, 0.6) is 0 Å². The highest BCUT2D eigenvalue weighted by molar-refractivity contribution is 5.96. The molecule has 1 fully saturated rings. The van der Waals surface area contributed by atoms with E-state index in [1.54, 1.807) is 15.5 Å². The van der Waals surface area contributed by atoms with E-state index in [2.05, 4.69) is 10.1 Å². The largest absolute Gasteiger partial charge is 0.420 e. The number of rotatable bonds is 4. The van der Waals surface area contributed by atoms with Crippen molar-refractivity contribution in [2.45, 2.75) is 46.1 Å². The lowest BCUT2D eigenvalue weighted by Gasteiger charge is -2.17. The zero-order valence-electron chi connectivity index (χ0n) is 18.5. The fourth-order valence-electron chi connectivity index (χ4n) is 4.20. The Balaban J connectivity index is 1.41. The van der Waals surface area contributed by atoms with Crippen LogP contribution in [0.1, 0.15) is 49.2 Å². The topological polar surface area (TPSA) is 94.4 Å². The van der Waals surface area contributed by atoms with Crippen LogP contribution in [0.15, 0.2) is 50.1 Å². The normalized spacial score (nSPS) is 16.6. The number of aromatic nitrogens is 3. The third-order valence-electron chi connectivity index (χ3n) is 6.11. The van der Waals surface area contributed by atoms with E-state index in [-0.39, 0.29) is 17.9 Å². The van der Waals surface area contributed by atoms with Crippen molar-refractivity contribution in [2.24, 2.45) is 0 Å². The molecule has 32 heavy (non-hydrogen) atoms. The number of hydrogen-bond donors (Lipinski definition) is 0. The molecule has 4 aromatic rings. The second kappa shape index (κ2) is 7.47. The highest BCUT2D eigenvalue weighted by Crippen LogP contribution is 2.33. The Morgan fingerprint density at radius 3 is 2.62 bits per heavy atom. The van der Waals surface area contributed by atoms with Gasteiger partial charge in [-0.3, -0.25) is 9.36 Å². The Morgan fingerprint density at radius 1 is 1.06 bits per heavy atom. The van der Waals surface area contributed by atoms with Crippen molar-refractivity contribution in [1.29, 1.82) is 0 Å². The number of hydrogen-bond acceptors (Lipinski definition) is 6. The van der Waals surface area contributed by atoms with Crippen molar-refractivity contribution in [3.8, 4) is 11.4 Å². The fourth-order valence-corrected chi connectivity index (χ4v) is 4.20. The summed E-state index contributed by atoms with van der Waals surface area (Å²) in [5.41, 5.74) is 5.11. The third kappa shape index (κ3) is 3.32. The zero-order chi connectivity index (χ0) is 22.6. The summed E-state index contributed by atoms with van der Waals surface area (Å²) in [6.45, 7) is 8.44. The molecule has 5 rings (SSSR count). The molecule has 2 aromatic heterocycles. The van der Waals surface area contributed by atoms with E-state index < -0.39 is 5.76 Å². The highest BCUT2D eigenvalue weighted by atomic mass is 16.5. The van der Waals surface area contributed by atoms with Crippen molar-refractivity contribution >= 4 is 22.7 Å². The molecule has 0 saturated carbocycles. The first kappa shape index (κ1) is 20.2. The molecule has 1 unspecified atom stereocenters. The quantitative estimate of drug-likeness (QED) is 0.475. The van der Waals surface area contributed by atoms with Gasteiger partial charge >= 0.3 is 5.76 Å². The number of amides is 1. The van der Waals surface area contributed by atoms with E-state index in [1.165, 1.54) is 5.56 Å². The maximum Gasteiger partial charge on any atom is 0.420 e. The van der Waals surface area contributed by atoms with E-state index in [0.29, 0.717) is 35.8 Å². The van der Waals surface area contributed by atoms with Crippen LogP contribution >= 0.6 is 0 Å². The van der Waals surface area contributed by atoms with Crippen molar-refractivity contribution in [3.05, 3.63) is 64.0 Å². The zero-order valence-corrected chi connectivity index (χ0v) is 18.5. The predicted molar refractivity (Wildman–Crippen MR) is 120 cm³/mol. The first-order valence-electron chi connectivity index (χ1n) is 10.7. The Hall–Kier alpha value is -3.68. The maximum absolute atomic E-state index is 12.7. The third-order valence-corrected chi connectivity index (χ3v) is 6.11. The molecule has 2 aromatic carbocycles. The number of aryl methyl sites for hydroxylation is 2. The SMILES string of the molecule is Cc1ccc(N2CC(c3nc(-c4ccc5c(c4)oc(=O)n5C(C)C)no3)CC2=O)cc1C. The molecule has 0 N–H and O–H groups in total. The second-order valence-corrected chi connectivity index (χ2v) is 8.64. The average Bonchev–Trinajstić information content (AvgIpc) is 3.45. The fraction of sp³-hybridized carbons (Fsp3) is 0.333. The first-order valence-corrected chi connectivity index (χ1v) is 10.7. The molecular formula is C24H24N4O4. The summed E-state index contributed by atoms with van der Waals surface area (Å²) in [6, 6.07) is 11.4. The summed E-state index contributed by atoms with van der Waals surface area (Å²) in [4.78, 5) is 31.1. The number of oxazole rings is 1. The minimum atomic E-state index is -0.392. The van der Waals surface area contributed by atoms with E-state index in [4.69, 9.17) is 8.94 Å². The van der Waals surface area contributed by atoms with Crippen molar-refractivity contribution in [2.75, 3.05) is 11.4 Å². The molecule has 1 amide bonds. The van der Waals surface area contributed by atoms with E-state index in [9.17, 15) is 9.59 Å². The van der Waals surface area contributed by atoms with Crippen LogP contribution < -0.4 is 10.7 Å². The van der Waals surface area contributed by atoms with Crippen LogP contribution in [-0.4, -0.2) is 27.2 Å². The van der Waals surface area contributed by atoms with Gasteiger partial charge < -0.3 is 13.8 Å². The number of carbonyl (C=O) groups excluding carboxylic acids is 1. The molecule has 0 radical (unpaired) electrons. The summed E-state index contributed by atoms with van der Waals surface area (Å²) in [7, 11) is 0. The molecule has 164 valence electrons. The van der Waals surface area contributed by atoms with E-state index >= 15 is 0 Å². The number of benzene rings is 2. The Morgan fingerprint density at radius 2 is 1.88 bits per heavy atom. The van der Waals surface area contributed by atoms with E-state index in [0.717, 1.165) is 16.8 Å². The van der Waals surface area contributed by atoms with Crippen LogP contribution in [0.4, 0.5) is 5.69 Å². The van der Waals surface area contributed by atoms with Gasteiger partial charge in [-0.05, 0) is 69.2 Å². The Kier molecular flexibility index (Phi) is 4.73. The summed E-state index contributed by atoms with van der Waals surface area (Å²) >= 11 is 0. The monoisotopic (exact) mass is 432 g/mol. The van der Waals surface area contributed by atoms with Crippen LogP contribution in [0.2, 0.25) is 0 Å². The van der Waals surface area contributed by atoms with Crippen LogP contribution in [-0.2, 0) is 4.79 Å². The van der Waals surface area contributed by atoms with Gasteiger partial charge in [0.05, 0.1) is 11.4 Å². The minimum Gasteiger partial charge on any atom is -0.408 e. The summed E-state index contributed by atoms with van der Waals surface area (Å²) < 4.78 is 12.5. The number of nitrogens with zero attached hydrogens (tertiary/aromatic N) is 4. The number of anilines is 1. The number of carbonyl (C=O) groups is 1. The molecule has 1 atom stereocenters. The van der Waals surface area contributed by atoms with Crippen LogP contribution in [0.25, 0.3) is 22.5 Å². The van der Waals surface area contributed by atoms with Gasteiger partial charge in [-0.1, -0.05) is 11.2 Å². The van der Waals surface area contributed by atoms with Gasteiger partial charge in [-0.15, -0.1) is 0 Å². The van der Waals surface area contributed by atoms with Gasteiger partial charge in [0.1, 0.15) is 0 Å². The van der Waals surface area contributed by atoms with E-state index in [1.807, 2.05) is 58.0 Å². The van der Waals surface area contributed by atoms with Crippen molar-refractivity contribution in [1.82, 2.24) is 14.7 Å². The molecule has 1 aliphatic rings. The van der Waals surface area contributed by atoms with Crippen LogP contribution in [0.3, 0.4) is 0 Å². The van der Waals surface area contributed by atoms with Gasteiger partial charge in [0.25, 0.3) is 0 Å². The van der Waals surface area contributed by atoms with Gasteiger partial charge in [0.15, 0.2) is 5.58 Å². The predicted octanol–water partition coefficient (Wildman–Crippen LogP) is 4.36. The lowest BCUT2D eigenvalue weighted by Crippen LogP contribution is -2.24. The summed E-state index contributed by atoms with van der Waals surface area (Å²) in [5, 5.41) is 4.11. The number of fused-ring (bicyclic) bond motifs is 1. The van der Waals surface area contributed by atoms with Gasteiger partial charge in [0.2, 0.25) is 17.6 Å². The van der Waals surface area contributed by atoms with Crippen LogP contribution in [0, 0.1) is 13.8 Å². The molecule has 0 aliphatic carbocycles. The molecule has 0 bridgehead atoms. The Bertz CT molecular complexity index is 1390. The second-order valence-electron chi connectivity index (χ2n) is 8.64. The summed E-state index contributed by atoms with van der Waals surface area (Å²) in [5.74, 6) is 0.307. The summed E-state index contributed by atoms with van der Waals surface area (Å²) in [6.07, 6.45) is 0.319. The standard InChI is InChI=1S/C24H24N4O4/c1-13(2)28-19-8-6-16(10-20(19)31-24(28)30)22-25-23(32-26-22)17-11-21(29)27(12-17)18-7-5-14(3)15(4)9-18/h5-10,13,17H,11-12H2,1-4H3. The Labute approximate surface area is 184 Å². The molecule has 0 spiro atoms. The lowest BCUT2D eigenvalue weighted by molar-refractivity contribution is -0.117. The van der Waals surface area contributed by atoms with Crippen molar-refractivity contribution < 1.29 is 13.7 Å². The smallest absolute Gasteiger partial charge is 0.408 e. The molecule has 8 heteroatoms. The van der Waals surface area contributed by atoms with Gasteiger partial charge in [-0.25, -0.2) is 4.79 Å². The molecular weight excluding hydrogens is 408 g/mol. The first-order chi connectivity index (χ1) is 15.3. The van der Waals surface area contributed by atoms with Gasteiger partial charge in [0, 0.05) is 30.3 Å². The average molecular weight is 432 g/mol. The maximum atomic E-state index is 12.7.